The molecule has 7 heteroatoms. The van der Waals surface area contributed by atoms with E-state index in [0.29, 0.717) is 17.1 Å². The molecule has 4 N–H and O–H groups in total. The molecule has 0 bridgehead atoms. The van der Waals surface area contributed by atoms with Crippen LogP contribution in [0.2, 0.25) is 0 Å². The van der Waals surface area contributed by atoms with Crippen LogP contribution in [0.3, 0.4) is 0 Å². The standard InChI is InChI=1S/C14H17BrN4O2/c1-7(2)12-11(16)13(19-18-12)14(20)17-8-4-5-10(21-3)9(15)6-8/h4-7H,16H2,1-3H3,(H,17,20)(H,18,19). The molecule has 0 saturated carbocycles. The van der Waals surface area contributed by atoms with Gasteiger partial charge in [-0.05, 0) is 40.0 Å². The third-order valence-electron chi connectivity index (χ3n) is 3.04. The van der Waals surface area contributed by atoms with Crippen molar-refractivity contribution < 1.29 is 9.53 Å². The predicted octanol–water partition coefficient (Wildman–Crippen LogP) is 3.14. The molecule has 0 spiro atoms. The number of anilines is 2. The second kappa shape index (κ2) is 6.17. The molecular formula is C14H17BrN4O2. The van der Waals surface area contributed by atoms with Gasteiger partial charge in [-0.15, -0.1) is 0 Å². The lowest BCUT2D eigenvalue weighted by Crippen LogP contribution is -2.14. The fourth-order valence-corrected chi connectivity index (χ4v) is 2.45. The van der Waals surface area contributed by atoms with Gasteiger partial charge in [0, 0.05) is 5.69 Å². The van der Waals surface area contributed by atoms with E-state index < -0.39 is 0 Å². The molecular weight excluding hydrogens is 336 g/mol. The van der Waals surface area contributed by atoms with Crippen LogP contribution < -0.4 is 15.8 Å². The molecule has 0 radical (unpaired) electrons. The molecule has 0 aliphatic rings. The first-order chi connectivity index (χ1) is 9.93. The van der Waals surface area contributed by atoms with Gasteiger partial charge in [-0.25, -0.2) is 0 Å². The van der Waals surface area contributed by atoms with Gasteiger partial charge < -0.3 is 15.8 Å². The van der Waals surface area contributed by atoms with Gasteiger partial charge in [0.05, 0.1) is 23.0 Å². The Bertz CT molecular complexity index is 667. The Labute approximate surface area is 131 Å². The van der Waals surface area contributed by atoms with E-state index in [4.69, 9.17) is 10.5 Å². The summed E-state index contributed by atoms with van der Waals surface area (Å²) in [6.45, 7) is 3.96. The minimum Gasteiger partial charge on any atom is -0.496 e. The first-order valence-electron chi connectivity index (χ1n) is 6.42. The Hall–Kier alpha value is -2.02. The highest BCUT2D eigenvalue weighted by atomic mass is 79.9. The van der Waals surface area contributed by atoms with Crippen LogP contribution in [0, 0.1) is 0 Å². The zero-order valence-electron chi connectivity index (χ0n) is 12.0. The van der Waals surface area contributed by atoms with E-state index in [9.17, 15) is 4.79 Å². The number of carbonyl (C=O) groups excluding carboxylic acids is 1. The molecule has 0 saturated heterocycles. The lowest BCUT2D eigenvalue weighted by atomic mass is 10.1. The number of hydrogen-bond acceptors (Lipinski definition) is 4. The molecule has 1 aromatic carbocycles. The van der Waals surface area contributed by atoms with Crippen LogP contribution in [0.25, 0.3) is 0 Å². The molecule has 112 valence electrons. The molecule has 2 rings (SSSR count). The minimum absolute atomic E-state index is 0.175. The summed E-state index contributed by atoms with van der Waals surface area (Å²) in [5.74, 6) is 0.510. The van der Waals surface area contributed by atoms with Crippen LogP contribution in [-0.4, -0.2) is 23.2 Å². The van der Waals surface area contributed by atoms with Gasteiger partial charge in [0.25, 0.3) is 5.91 Å². The quantitative estimate of drug-likeness (QED) is 0.787. The Morgan fingerprint density at radius 2 is 2.19 bits per heavy atom. The van der Waals surface area contributed by atoms with Crippen LogP contribution >= 0.6 is 15.9 Å². The number of nitrogens with one attached hydrogen (secondary N) is 2. The number of H-pyrrole nitrogens is 1. The maximum absolute atomic E-state index is 12.2. The fraction of sp³-hybridized carbons (Fsp3) is 0.286. The Balaban J connectivity index is 2.20. The molecule has 1 amide bonds. The predicted molar refractivity (Wildman–Crippen MR) is 85.7 cm³/mol. The van der Waals surface area contributed by atoms with Crippen molar-refractivity contribution in [1.82, 2.24) is 10.2 Å². The summed E-state index contributed by atoms with van der Waals surface area (Å²) in [4.78, 5) is 12.2. The second-order valence-electron chi connectivity index (χ2n) is 4.86. The number of aromatic nitrogens is 2. The van der Waals surface area contributed by atoms with E-state index in [0.717, 1.165) is 10.2 Å². The van der Waals surface area contributed by atoms with E-state index in [1.54, 1.807) is 25.3 Å². The lowest BCUT2D eigenvalue weighted by molar-refractivity contribution is 0.102. The Morgan fingerprint density at radius 3 is 2.71 bits per heavy atom. The molecule has 1 aromatic heterocycles. The van der Waals surface area contributed by atoms with Crippen molar-refractivity contribution in [3.63, 3.8) is 0 Å². The summed E-state index contributed by atoms with van der Waals surface area (Å²) in [6, 6.07) is 5.25. The van der Waals surface area contributed by atoms with Crippen LogP contribution in [-0.2, 0) is 0 Å². The first kappa shape index (κ1) is 15.4. The molecule has 0 unspecified atom stereocenters. The van der Waals surface area contributed by atoms with Crippen LogP contribution in [0.15, 0.2) is 22.7 Å². The highest BCUT2D eigenvalue weighted by Gasteiger charge is 2.19. The summed E-state index contributed by atoms with van der Waals surface area (Å²) in [5, 5.41) is 9.55. The van der Waals surface area contributed by atoms with Crippen LogP contribution in [0.4, 0.5) is 11.4 Å². The number of nitrogens with zero attached hydrogens (tertiary/aromatic N) is 1. The Morgan fingerprint density at radius 1 is 1.48 bits per heavy atom. The number of rotatable bonds is 4. The zero-order valence-corrected chi connectivity index (χ0v) is 13.6. The van der Waals surface area contributed by atoms with Crippen molar-refractivity contribution in [3.05, 3.63) is 34.1 Å². The molecule has 21 heavy (non-hydrogen) atoms. The monoisotopic (exact) mass is 352 g/mol. The van der Waals surface area contributed by atoms with Crippen molar-refractivity contribution in [2.24, 2.45) is 0 Å². The second-order valence-corrected chi connectivity index (χ2v) is 5.71. The SMILES string of the molecule is COc1ccc(NC(=O)c2n[nH]c(C(C)C)c2N)cc1Br. The third kappa shape index (κ3) is 3.18. The summed E-state index contributed by atoms with van der Waals surface area (Å²) in [5.41, 5.74) is 7.92. The van der Waals surface area contributed by atoms with Crippen LogP contribution in [0.1, 0.15) is 35.9 Å². The topological polar surface area (TPSA) is 93.0 Å². The minimum atomic E-state index is -0.354. The normalized spacial score (nSPS) is 10.7. The number of nitrogen functional groups attached to an aromatic ring is 1. The number of halogens is 1. The number of amides is 1. The number of benzene rings is 1. The Kier molecular flexibility index (Phi) is 4.52. The van der Waals surface area contributed by atoms with Crippen molar-refractivity contribution >= 4 is 33.2 Å². The van der Waals surface area contributed by atoms with Crippen LogP contribution in [0.5, 0.6) is 5.75 Å². The third-order valence-corrected chi connectivity index (χ3v) is 3.66. The summed E-state index contributed by atoms with van der Waals surface area (Å²) >= 11 is 3.37. The van der Waals surface area contributed by atoms with Gasteiger partial charge in [0.2, 0.25) is 0 Å². The van der Waals surface area contributed by atoms with Crippen molar-refractivity contribution in [2.45, 2.75) is 19.8 Å². The smallest absolute Gasteiger partial charge is 0.278 e. The van der Waals surface area contributed by atoms with Crippen molar-refractivity contribution in [3.8, 4) is 5.75 Å². The lowest BCUT2D eigenvalue weighted by Gasteiger charge is -2.08. The number of ether oxygens (including phenoxy) is 1. The fourth-order valence-electron chi connectivity index (χ4n) is 1.91. The van der Waals surface area contributed by atoms with E-state index in [2.05, 4.69) is 31.4 Å². The molecule has 1 heterocycles. The number of aromatic amines is 1. The zero-order chi connectivity index (χ0) is 15.6. The molecule has 0 atom stereocenters. The number of carbonyl (C=O) groups is 1. The maximum Gasteiger partial charge on any atom is 0.278 e. The number of nitrogens with two attached hydrogens (primary N) is 1. The van der Waals surface area contributed by atoms with E-state index >= 15 is 0 Å². The van der Waals surface area contributed by atoms with Gasteiger partial charge in [-0.1, -0.05) is 13.8 Å². The highest BCUT2D eigenvalue weighted by molar-refractivity contribution is 9.10. The van der Waals surface area contributed by atoms with Gasteiger partial charge in [0.15, 0.2) is 5.69 Å². The average Bonchev–Trinajstić information content (AvgIpc) is 2.81. The first-order valence-corrected chi connectivity index (χ1v) is 7.22. The van der Waals surface area contributed by atoms with Crippen molar-refractivity contribution in [2.75, 3.05) is 18.2 Å². The van der Waals surface area contributed by atoms with E-state index in [1.807, 2.05) is 13.8 Å². The summed E-state index contributed by atoms with van der Waals surface area (Å²) < 4.78 is 5.89. The summed E-state index contributed by atoms with van der Waals surface area (Å²) in [7, 11) is 1.58. The van der Waals surface area contributed by atoms with Crippen molar-refractivity contribution in [1.29, 1.82) is 0 Å². The maximum atomic E-state index is 12.2. The summed E-state index contributed by atoms with van der Waals surface area (Å²) in [6.07, 6.45) is 0. The van der Waals surface area contributed by atoms with Gasteiger partial charge in [-0.3, -0.25) is 9.89 Å². The number of methoxy groups -OCH3 is 1. The largest absolute Gasteiger partial charge is 0.496 e. The molecule has 2 aromatic rings. The molecule has 0 fully saturated rings. The van der Waals surface area contributed by atoms with Gasteiger partial charge in [-0.2, -0.15) is 5.10 Å². The average molecular weight is 353 g/mol. The molecule has 0 aliphatic heterocycles. The van der Waals surface area contributed by atoms with Gasteiger partial charge >= 0.3 is 0 Å². The highest BCUT2D eigenvalue weighted by Crippen LogP contribution is 2.28. The van der Waals surface area contributed by atoms with E-state index in [-0.39, 0.29) is 17.5 Å². The molecule has 6 nitrogen and oxygen atoms in total. The van der Waals surface area contributed by atoms with Gasteiger partial charge in [0.1, 0.15) is 5.75 Å². The number of hydrogen-bond donors (Lipinski definition) is 3. The molecule has 0 aliphatic carbocycles. The van der Waals surface area contributed by atoms with E-state index in [1.165, 1.54) is 0 Å².